The summed E-state index contributed by atoms with van der Waals surface area (Å²) in [5, 5.41) is -1.65. The molecule has 0 aliphatic carbocycles. The molecule has 10 heteroatoms. The highest BCUT2D eigenvalue weighted by atomic mass is 35.5. The molecule has 0 aliphatic heterocycles. The maximum atomic E-state index is 13.3. The van der Waals surface area contributed by atoms with E-state index in [1.807, 2.05) is 0 Å². The molecule has 0 radical (unpaired) electrons. The van der Waals surface area contributed by atoms with Gasteiger partial charge in [0.1, 0.15) is 5.69 Å². The van der Waals surface area contributed by atoms with E-state index in [4.69, 9.17) is 23.2 Å². The molecule has 1 aromatic rings. The molecule has 0 aliphatic rings. The summed E-state index contributed by atoms with van der Waals surface area (Å²) in [4.78, 5) is 10.2. The number of carbonyl (C=O) groups excluding carboxylic acids is 1. The lowest BCUT2D eigenvalue weighted by molar-refractivity contribution is -0.157. The number of thioether (sulfide) groups is 1. The number of alkyl halides is 5. The first-order valence-electron chi connectivity index (χ1n) is 4.45. The van der Waals surface area contributed by atoms with Crippen LogP contribution in [-0.2, 0) is 0 Å². The third-order valence-electron chi connectivity index (χ3n) is 1.85. The summed E-state index contributed by atoms with van der Waals surface area (Å²) < 4.78 is 61.7. The summed E-state index contributed by atoms with van der Waals surface area (Å²) in [5.41, 5.74) is -2.35. The average Bonchev–Trinajstić information content (AvgIpc) is 2.25. The first kappa shape index (κ1) is 16.3. The van der Waals surface area contributed by atoms with Gasteiger partial charge in [0.05, 0.1) is 5.56 Å². The van der Waals surface area contributed by atoms with Gasteiger partial charge in [0, 0.05) is 4.90 Å². The molecule has 0 bridgehead atoms. The van der Waals surface area contributed by atoms with Crippen LogP contribution >= 0.6 is 35.0 Å². The molecular weight excluding hydrogens is 336 g/mol. The molecule has 0 spiro atoms. The number of para-hydroxylation sites is 1. The Labute approximate surface area is 118 Å². The maximum Gasteiger partial charge on any atom is 0.512 e. The van der Waals surface area contributed by atoms with Crippen LogP contribution in [0.25, 0.3) is 0 Å². The van der Waals surface area contributed by atoms with Crippen LogP contribution in [0.1, 0.15) is 10.4 Å². The molecule has 0 heterocycles. The molecule has 0 saturated heterocycles. The molecule has 0 unspecified atom stereocenters. The molecule has 0 aromatic heterocycles. The second kappa shape index (κ2) is 6.15. The predicted octanol–water partition coefficient (Wildman–Crippen LogP) is 4.86. The van der Waals surface area contributed by atoms with Gasteiger partial charge in [-0.1, -0.05) is 45.5 Å². The zero-order valence-corrected chi connectivity index (χ0v) is 11.0. The maximum absolute atomic E-state index is 13.3. The molecular formula is C9H4Cl2F5NOS. The first-order chi connectivity index (χ1) is 8.64. The Morgan fingerprint density at radius 3 is 2.32 bits per heavy atom. The fourth-order valence-corrected chi connectivity index (χ4v) is 2.43. The second-order valence-corrected chi connectivity index (χ2v) is 5.81. The standard InChI is InChI=1S/C9H4Cl2F5NOS/c10-8(11)19-5-3-1-2-4(7(12)18)6(5)17(16)9(13,14)15/h1-3,8H. The number of anilines is 1. The van der Waals surface area contributed by atoms with Gasteiger partial charge >= 0.3 is 12.3 Å². The smallest absolute Gasteiger partial charge is 0.255 e. The number of benzene rings is 1. The fraction of sp³-hybridized carbons (Fsp3) is 0.222. The van der Waals surface area contributed by atoms with Crippen LogP contribution in [0.5, 0.6) is 0 Å². The quantitative estimate of drug-likeness (QED) is 0.195. The van der Waals surface area contributed by atoms with Crippen LogP contribution in [0.4, 0.5) is 27.7 Å². The van der Waals surface area contributed by atoms with Crippen LogP contribution in [0.3, 0.4) is 0 Å². The summed E-state index contributed by atoms with van der Waals surface area (Å²) in [6.45, 7) is 0. The van der Waals surface area contributed by atoms with Gasteiger partial charge in [-0.2, -0.15) is 4.39 Å². The van der Waals surface area contributed by atoms with Gasteiger partial charge in [-0.15, -0.1) is 18.3 Å². The van der Waals surface area contributed by atoms with Crippen molar-refractivity contribution in [3.05, 3.63) is 23.8 Å². The second-order valence-electron chi connectivity index (χ2n) is 3.05. The normalized spacial score (nSPS) is 11.8. The summed E-state index contributed by atoms with van der Waals surface area (Å²) in [6.07, 6.45) is -5.44. The van der Waals surface area contributed by atoms with E-state index >= 15 is 0 Å². The molecule has 1 rings (SSSR count). The van der Waals surface area contributed by atoms with Crippen molar-refractivity contribution in [3.8, 4) is 0 Å². The van der Waals surface area contributed by atoms with E-state index in [0.29, 0.717) is 11.8 Å². The number of rotatable bonds is 4. The average molecular weight is 340 g/mol. The highest BCUT2D eigenvalue weighted by molar-refractivity contribution is 8.02. The van der Waals surface area contributed by atoms with Crippen molar-refractivity contribution in [1.29, 1.82) is 0 Å². The number of hydrogen-bond donors (Lipinski definition) is 0. The predicted molar refractivity (Wildman–Crippen MR) is 62.9 cm³/mol. The molecule has 0 fully saturated rings. The SMILES string of the molecule is O=C(F)c1cccc(SC(Cl)Cl)c1N(F)C(F)(F)F. The Bertz CT molecular complexity index is 482. The number of halogens is 7. The topological polar surface area (TPSA) is 20.3 Å². The largest absolute Gasteiger partial charge is 0.512 e. The molecule has 19 heavy (non-hydrogen) atoms. The Morgan fingerprint density at radius 2 is 1.89 bits per heavy atom. The van der Waals surface area contributed by atoms with Crippen LogP contribution < -0.4 is 5.12 Å². The van der Waals surface area contributed by atoms with E-state index in [2.05, 4.69) is 0 Å². The third kappa shape index (κ3) is 4.12. The van der Waals surface area contributed by atoms with Crippen molar-refractivity contribution < 1.29 is 26.8 Å². The zero-order chi connectivity index (χ0) is 14.8. The van der Waals surface area contributed by atoms with Crippen LogP contribution in [0.15, 0.2) is 23.1 Å². The highest BCUT2D eigenvalue weighted by Crippen LogP contribution is 2.42. The monoisotopic (exact) mass is 339 g/mol. The molecule has 0 saturated carbocycles. The zero-order valence-electron chi connectivity index (χ0n) is 8.72. The molecule has 0 atom stereocenters. The lowest BCUT2D eigenvalue weighted by Gasteiger charge is -2.21. The van der Waals surface area contributed by atoms with E-state index < -0.39 is 37.8 Å². The van der Waals surface area contributed by atoms with Gasteiger partial charge < -0.3 is 0 Å². The summed E-state index contributed by atoms with van der Waals surface area (Å²) in [5.74, 6) is 0. The molecule has 1 aromatic carbocycles. The van der Waals surface area contributed by atoms with Crippen LogP contribution in [-0.4, -0.2) is 16.5 Å². The number of hydrogen-bond acceptors (Lipinski definition) is 3. The minimum atomic E-state index is -5.44. The lowest BCUT2D eigenvalue weighted by Crippen LogP contribution is -2.31. The molecule has 0 N–H and O–H groups in total. The van der Waals surface area contributed by atoms with Crippen molar-refractivity contribution in [2.45, 2.75) is 15.4 Å². The van der Waals surface area contributed by atoms with Crippen molar-refractivity contribution in [2.75, 3.05) is 5.12 Å². The molecule has 2 nitrogen and oxygen atoms in total. The Balaban J connectivity index is 3.41. The summed E-state index contributed by atoms with van der Waals surface area (Å²) in [7, 11) is 0. The van der Waals surface area contributed by atoms with Gasteiger partial charge in [-0.3, -0.25) is 4.79 Å². The van der Waals surface area contributed by atoms with Gasteiger partial charge in [0.15, 0.2) is 4.17 Å². The Kier molecular flexibility index (Phi) is 5.28. The van der Waals surface area contributed by atoms with Gasteiger partial charge in [0.25, 0.3) is 0 Å². The van der Waals surface area contributed by atoms with Crippen LogP contribution in [0.2, 0.25) is 0 Å². The van der Waals surface area contributed by atoms with Gasteiger partial charge in [-0.05, 0) is 12.1 Å². The van der Waals surface area contributed by atoms with E-state index in [1.165, 1.54) is 0 Å². The number of nitrogens with zero attached hydrogens (tertiary/aromatic N) is 1. The fourth-order valence-electron chi connectivity index (χ4n) is 1.20. The van der Waals surface area contributed by atoms with E-state index in [0.717, 1.165) is 18.2 Å². The van der Waals surface area contributed by atoms with Gasteiger partial charge in [0.2, 0.25) is 0 Å². The number of carbonyl (C=O) groups is 1. The Morgan fingerprint density at radius 1 is 1.32 bits per heavy atom. The van der Waals surface area contributed by atoms with Crippen molar-refractivity contribution >= 4 is 46.7 Å². The summed E-state index contributed by atoms with van der Waals surface area (Å²) >= 11 is 11.2. The van der Waals surface area contributed by atoms with Crippen molar-refractivity contribution in [2.24, 2.45) is 0 Å². The minimum Gasteiger partial charge on any atom is -0.255 e. The third-order valence-corrected chi connectivity index (χ3v) is 3.14. The first-order valence-corrected chi connectivity index (χ1v) is 6.20. The van der Waals surface area contributed by atoms with E-state index in [1.54, 1.807) is 0 Å². The van der Waals surface area contributed by atoms with E-state index in [-0.39, 0.29) is 0 Å². The lowest BCUT2D eigenvalue weighted by atomic mass is 10.2. The van der Waals surface area contributed by atoms with Crippen molar-refractivity contribution in [1.82, 2.24) is 0 Å². The minimum absolute atomic E-state index is 0.418. The Hall–Kier alpha value is -0.730. The van der Waals surface area contributed by atoms with Gasteiger partial charge in [-0.25, -0.2) is 0 Å². The highest BCUT2D eigenvalue weighted by Gasteiger charge is 2.42. The summed E-state index contributed by atoms with van der Waals surface area (Å²) in [6, 6.07) is 0.629. The van der Waals surface area contributed by atoms with Crippen LogP contribution in [0, 0.1) is 0 Å². The molecule has 0 amide bonds. The van der Waals surface area contributed by atoms with E-state index in [9.17, 15) is 26.8 Å². The van der Waals surface area contributed by atoms with Crippen molar-refractivity contribution in [3.63, 3.8) is 0 Å². The molecule has 106 valence electrons.